The van der Waals surface area contributed by atoms with Crippen LogP contribution in [0.25, 0.3) is 11.1 Å². The van der Waals surface area contributed by atoms with Gasteiger partial charge in [-0.25, -0.2) is 4.98 Å². The fourth-order valence-electron chi connectivity index (χ4n) is 2.25. The van der Waals surface area contributed by atoms with Crippen molar-refractivity contribution in [2.45, 2.75) is 12.8 Å². The predicted molar refractivity (Wildman–Crippen MR) is 73.6 cm³/mol. The van der Waals surface area contributed by atoms with Crippen LogP contribution in [0.15, 0.2) is 54.9 Å². The van der Waals surface area contributed by atoms with Gasteiger partial charge in [0.25, 0.3) is 0 Å². The Balaban J connectivity index is 1.99. The number of hydrogen-bond acceptors (Lipinski definition) is 2. The van der Waals surface area contributed by atoms with E-state index in [1.54, 1.807) is 18.3 Å². The van der Waals surface area contributed by atoms with E-state index in [0.717, 1.165) is 29.7 Å². The zero-order valence-electron chi connectivity index (χ0n) is 10.4. The zero-order valence-corrected chi connectivity index (χ0v) is 10.4. The Hall–Kier alpha value is -2.29. The maximum absolute atomic E-state index is 13.7. The fraction of sp³-hybridized carbons (Fsp3) is 0.125. The van der Waals surface area contributed by atoms with Crippen molar-refractivity contribution >= 4 is 11.1 Å². The molecule has 3 rings (SSSR count). The van der Waals surface area contributed by atoms with E-state index in [0.29, 0.717) is 5.56 Å². The standard InChI is InChI=1S/C16H13FN2/c17-16-14(7-4-10-19-16)12-5-3-6-13(11-12)15-8-1-2-9-18-15/h1-2,4-5,7-11H,3,6H2. The number of rotatable bonds is 2. The van der Waals surface area contributed by atoms with Crippen molar-refractivity contribution in [1.29, 1.82) is 0 Å². The second-order valence-corrected chi connectivity index (χ2v) is 4.42. The van der Waals surface area contributed by atoms with Crippen LogP contribution in [-0.4, -0.2) is 9.97 Å². The number of halogens is 1. The minimum absolute atomic E-state index is 0.424. The van der Waals surface area contributed by atoms with Crippen LogP contribution in [0.1, 0.15) is 24.1 Å². The highest BCUT2D eigenvalue weighted by Gasteiger charge is 2.12. The molecule has 0 saturated carbocycles. The molecular weight excluding hydrogens is 239 g/mol. The minimum atomic E-state index is -0.424. The average Bonchev–Trinajstić information content (AvgIpc) is 2.49. The van der Waals surface area contributed by atoms with Gasteiger partial charge in [0.05, 0.1) is 5.69 Å². The van der Waals surface area contributed by atoms with Crippen molar-refractivity contribution in [2.75, 3.05) is 0 Å². The number of allylic oxidation sites excluding steroid dienone is 4. The molecule has 2 nitrogen and oxygen atoms in total. The molecule has 0 bridgehead atoms. The molecule has 3 heteroatoms. The van der Waals surface area contributed by atoms with E-state index in [4.69, 9.17) is 0 Å². The fourth-order valence-corrected chi connectivity index (χ4v) is 2.25. The Morgan fingerprint density at radius 1 is 1.00 bits per heavy atom. The van der Waals surface area contributed by atoms with E-state index in [2.05, 4.69) is 9.97 Å². The third-order valence-corrected chi connectivity index (χ3v) is 3.17. The molecule has 0 saturated heterocycles. The summed E-state index contributed by atoms with van der Waals surface area (Å²) in [6.45, 7) is 0. The third-order valence-electron chi connectivity index (χ3n) is 3.17. The van der Waals surface area contributed by atoms with E-state index < -0.39 is 5.95 Å². The van der Waals surface area contributed by atoms with Gasteiger partial charge >= 0.3 is 0 Å². The lowest BCUT2D eigenvalue weighted by Gasteiger charge is -2.13. The molecule has 0 aromatic carbocycles. The summed E-state index contributed by atoms with van der Waals surface area (Å²) in [6, 6.07) is 9.35. The van der Waals surface area contributed by atoms with Crippen molar-refractivity contribution in [3.8, 4) is 0 Å². The van der Waals surface area contributed by atoms with Gasteiger partial charge in [0.15, 0.2) is 0 Å². The van der Waals surface area contributed by atoms with Crippen LogP contribution in [-0.2, 0) is 0 Å². The van der Waals surface area contributed by atoms with Gasteiger partial charge in [-0.1, -0.05) is 12.1 Å². The Kier molecular flexibility index (Phi) is 3.19. The molecule has 0 aliphatic heterocycles. The molecule has 2 aromatic rings. The summed E-state index contributed by atoms with van der Waals surface area (Å²) in [7, 11) is 0. The van der Waals surface area contributed by atoms with Gasteiger partial charge in [0.1, 0.15) is 0 Å². The van der Waals surface area contributed by atoms with Crippen LogP contribution in [0.3, 0.4) is 0 Å². The topological polar surface area (TPSA) is 25.8 Å². The highest BCUT2D eigenvalue weighted by molar-refractivity contribution is 5.84. The third kappa shape index (κ3) is 2.45. The first-order valence-corrected chi connectivity index (χ1v) is 6.27. The Morgan fingerprint density at radius 2 is 1.89 bits per heavy atom. The van der Waals surface area contributed by atoms with Gasteiger partial charge in [-0.3, -0.25) is 4.98 Å². The molecule has 0 spiro atoms. The minimum Gasteiger partial charge on any atom is -0.257 e. The van der Waals surface area contributed by atoms with Crippen molar-refractivity contribution in [1.82, 2.24) is 9.97 Å². The summed E-state index contributed by atoms with van der Waals surface area (Å²) >= 11 is 0. The molecule has 0 atom stereocenters. The zero-order chi connectivity index (χ0) is 13.1. The molecular formula is C16H13FN2. The van der Waals surface area contributed by atoms with Crippen LogP contribution in [0, 0.1) is 5.95 Å². The summed E-state index contributed by atoms with van der Waals surface area (Å²) in [4.78, 5) is 8.05. The molecule has 2 heterocycles. The van der Waals surface area contributed by atoms with E-state index in [1.165, 1.54) is 6.20 Å². The van der Waals surface area contributed by atoms with Crippen molar-refractivity contribution in [3.05, 3.63) is 72.1 Å². The Bertz CT molecular complexity index is 645. The Labute approximate surface area is 111 Å². The molecule has 0 fully saturated rings. The highest BCUT2D eigenvalue weighted by atomic mass is 19.1. The molecule has 19 heavy (non-hydrogen) atoms. The SMILES string of the molecule is Fc1ncccc1C1=CCCC(c2ccccn2)=C1. The summed E-state index contributed by atoms with van der Waals surface area (Å²) in [5.41, 5.74) is 3.53. The Morgan fingerprint density at radius 3 is 2.68 bits per heavy atom. The maximum atomic E-state index is 13.7. The van der Waals surface area contributed by atoms with Gasteiger partial charge in [-0.2, -0.15) is 4.39 Å². The molecule has 0 radical (unpaired) electrons. The van der Waals surface area contributed by atoms with Gasteiger partial charge in [0, 0.05) is 18.0 Å². The largest absolute Gasteiger partial charge is 0.257 e. The van der Waals surface area contributed by atoms with Gasteiger partial charge in [0.2, 0.25) is 5.95 Å². The van der Waals surface area contributed by atoms with Crippen LogP contribution < -0.4 is 0 Å². The van der Waals surface area contributed by atoms with Crippen molar-refractivity contribution in [2.24, 2.45) is 0 Å². The molecule has 2 aromatic heterocycles. The molecule has 1 aliphatic rings. The normalized spacial score (nSPS) is 14.8. The lowest BCUT2D eigenvalue weighted by molar-refractivity contribution is 0.580. The average molecular weight is 252 g/mol. The van der Waals surface area contributed by atoms with Crippen LogP contribution >= 0.6 is 0 Å². The van der Waals surface area contributed by atoms with E-state index in [-0.39, 0.29) is 0 Å². The molecule has 0 N–H and O–H groups in total. The van der Waals surface area contributed by atoms with Crippen molar-refractivity contribution < 1.29 is 4.39 Å². The highest BCUT2D eigenvalue weighted by Crippen LogP contribution is 2.30. The number of pyridine rings is 2. The number of aromatic nitrogens is 2. The van der Waals surface area contributed by atoms with Gasteiger partial charge in [-0.05, 0) is 54.3 Å². The summed E-state index contributed by atoms with van der Waals surface area (Å²) in [6.07, 6.45) is 9.12. The lowest BCUT2D eigenvalue weighted by atomic mass is 9.93. The monoisotopic (exact) mass is 252 g/mol. The first-order valence-electron chi connectivity index (χ1n) is 6.27. The first-order chi connectivity index (χ1) is 9.34. The van der Waals surface area contributed by atoms with Crippen LogP contribution in [0.2, 0.25) is 0 Å². The van der Waals surface area contributed by atoms with Crippen molar-refractivity contribution in [3.63, 3.8) is 0 Å². The van der Waals surface area contributed by atoms with Gasteiger partial charge < -0.3 is 0 Å². The summed E-state index contributed by atoms with van der Waals surface area (Å²) in [5, 5.41) is 0. The lowest BCUT2D eigenvalue weighted by Crippen LogP contribution is -1.97. The molecule has 1 aliphatic carbocycles. The van der Waals surface area contributed by atoms with E-state index in [1.807, 2.05) is 30.4 Å². The quantitative estimate of drug-likeness (QED) is 0.758. The molecule has 94 valence electrons. The van der Waals surface area contributed by atoms with Crippen LogP contribution in [0.4, 0.5) is 4.39 Å². The van der Waals surface area contributed by atoms with Crippen LogP contribution in [0.5, 0.6) is 0 Å². The number of nitrogens with zero attached hydrogens (tertiary/aromatic N) is 2. The number of hydrogen-bond donors (Lipinski definition) is 0. The van der Waals surface area contributed by atoms with E-state index >= 15 is 0 Å². The maximum Gasteiger partial charge on any atom is 0.220 e. The van der Waals surface area contributed by atoms with E-state index in [9.17, 15) is 4.39 Å². The summed E-state index contributed by atoms with van der Waals surface area (Å²) in [5.74, 6) is -0.424. The molecule has 0 unspecified atom stereocenters. The second-order valence-electron chi connectivity index (χ2n) is 4.42. The van der Waals surface area contributed by atoms with Gasteiger partial charge in [-0.15, -0.1) is 0 Å². The molecule has 0 amide bonds. The summed E-state index contributed by atoms with van der Waals surface area (Å²) < 4.78 is 13.7. The predicted octanol–water partition coefficient (Wildman–Crippen LogP) is 3.88. The second kappa shape index (κ2) is 5.14. The smallest absolute Gasteiger partial charge is 0.220 e. The first kappa shape index (κ1) is 11.8.